The molecule has 2 fully saturated rings. The first-order valence-corrected chi connectivity index (χ1v) is 7.33. The quantitative estimate of drug-likeness (QED) is 0.757. The summed E-state index contributed by atoms with van der Waals surface area (Å²) < 4.78 is 0. The van der Waals surface area contributed by atoms with E-state index in [-0.39, 0.29) is 11.9 Å². The Balaban J connectivity index is 1.85. The molecule has 0 spiro atoms. The van der Waals surface area contributed by atoms with Crippen LogP contribution in [0.5, 0.6) is 0 Å². The lowest BCUT2D eigenvalue weighted by Gasteiger charge is -2.17. The fourth-order valence-corrected chi connectivity index (χ4v) is 2.44. The van der Waals surface area contributed by atoms with Crippen LogP contribution in [0.3, 0.4) is 0 Å². The van der Waals surface area contributed by atoms with Gasteiger partial charge in [-0.3, -0.25) is 4.79 Å². The summed E-state index contributed by atoms with van der Waals surface area (Å²) in [5.41, 5.74) is 1.02. The first-order chi connectivity index (χ1) is 9.67. The number of nitrogens with zero attached hydrogens (tertiary/aromatic N) is 2. The maximum absolute atomic E-state index is 11.3. The molecule has 0 aromatic carbocycles. The number of amides is 1. The summed E-state index contributed by atoms with van der Waals surface area (Å²) in [6.45, 7) is 5.58. The van der Waals surface area contributed by atoms with Crippen molar-refractivity contribution in [1.82, 2.24) is 15.3 Å². The molecule has 1 aromatic heterocycles. The SMILES string of the molecule is CCNc1nc(C2CC2)nc(NC2CNC(=O)C2)c1C. The summed E-state index contributed by atoms with van der Waals surface area (Å²) in [6, 6.07) is 0.123. The second-order valence-corrected chi connectivity index (χ2v) is 5.56. The number of nitrogens with one attached hydrogen (secondary N) is 3. The maximum atomic E-state index is 11.3. The second kappa shape index (κ2) is 5.26. The van der Waals surface area contributed by atoms with E-state index in [2.05, 4.69) is 32.8 Å². The molecule has 20 heavy (non-hydrogen) atoms. The molecule has 3 N–H and O–H groups in total. The predicted octanol–water partition coefficient (Wildman–Crippen LogP) is 1.39. The lowest BCUT2D eigenvalue weighted by molar-refractivity contribution is -0.119. The van der Waals surface area contributed by atoms with Crippen LogP contribution in [0.1, 0.15) is 43.5 Å². The summed E-state index contributed by atoms with van der Waals surface area (Å²) in [6.07, 6.45) is 2.87. The molecular formula is C14H21N5O. The molecule has 1 saturated carbocycles. The fraction of sp³-hybridized carbons (Fsp3) is 0.643. The van der Waals surface area contributed by atoms with Crippen molar-refractivity contribution in [1.29, 1.82) is 0 Å². The van der Waals surface area contributed by atoms with Gasteiger partial charge in [-0.15, -0.1) is 0 Å². The number of carbonyl (C=O) groups excluding carboxylic acids is 1. The zero-order chi connectivity index (χ0) is 14.1. The normalized spacial score (nSPS) is 21.7. The maximum Gasteiger partial charge on any atom is 0.222 e. The first kappa shape index (κ1) is 13.1. The van der Waals surface area contributed by atoms with E-state index in [1.54, 1.807) is 0 Å². The monoisotopic (exact) mass is 275 g/mol. The first-order valence-electron chi connectivity index (χ1n) is 7.33. The lowest BCUT2D eigenvalue weighted by Crippen LogP contribution is -2.24. The van der Waals surface area contributed by atoms with Gasteiger partial charge in [-0.2, -0.15) is 0 Å². The van der Waals surface area contributed by atoms with Crippen LogP contribution < -0.4 is 16.0 Å². The van der Waals surface area contributed by atoms with E-state index in [0.717, 1.165) is 29.6 Å². The standard InChI is InChI=1S/C14H21N5O/c1-3-15-12-8(2)13(17-10-6-11(20)16-7-10)19-14(18-12)9-4-5-9/h9-10H,3-7H2,1-2H3,(H,16,20)(H2,15,17,18,19). The van der Waals surface area contributed by atoms with Gasteiger partial charge in [0.2, 0.25) is 5.91 Å². The molecular weight excluding hydrogens is 254 g/mol. The molecule has 3 rings (SSSR count). The Bertz CT molecular complexity index is 527. The van der Waals surface area contributed by atoms with Gasteiger partial charge in [0.05, 0.1) is 6.04 Å². The van der Waals surface area contributed by atoms with Crippen LogP contribution in [0.4, 0.5) is 11.6 Å². The largest absolute Gasteiger partial charge is 0.370 e. The molecule has 108 valence electrons. The molecule has 1 aromatic rings. The third kappa shape index (κ3) is 2.69. The van der Waals surface area contributed by atoms with Crippen molar-refractivity contribution in [3.05, 3.63) is 11.4 Å². The van der Waals surface area contributed by atoms with Gasteiger partial charge < -0.3 is 16.0 Å². The van der Waals surface area contributed by atoms with Crippen molar-refractivity contribution in [2.75, 3.05) is 23.7 Å². The number of rotatable bonds is 5. The molecule has 6 heteroatoms. The van der Waals surface area contributed by atoms with Crippen LogP contribution in [0.25, 0.3) is 0 Å². The lowest BCUT2D eigenvalue weighted by atomic mass is 10.2. The van der Waals surface area contributed by atoms with Crippen molar-refractivity contribution in [3.8, 4) is 0 Å². The predicted molar refractivity (Wildman–Crippen MR) is 77.9 cm³/mol. The minimum Gasteiger partial charge on any atom is -0.370 e. The number of carbonyl (C=O) groups is 1. The zero-order valence-electron chi connectivity index (χ0n) is 12.0. The van der Waals surface area contributed by atoms with Crippen molar-refractivity contribution in [2.24, 2.45) is 0 Å². The average Bonchev–Trinajstić information content (AvgIpc) is 3.19. The van der Waals surface area contributed by atoms with E-state index in [4.69, 9.17) is 0 Å². The van der Waals surface area contributed by atoms with Crippen LogP contribution >= 0.6 is 0 Å². The van der Waals surface area contributed by atoms with Gasteiger partial charge in [0.15, 0.2) is 0 Å². The van der Waals surface area contributed by atoms with Gasteiger partial charge in [-0.1, -0.05) is 0 Å². The molecule has 1 amide bonds. The van der Waals surface area contributed by atoms with E-state index in [9.17, 15) is 4.79 Å². The summed E-state index contributed by atoms with van der Waals surface area (Å²) >= 11 is 0. The Morgan fingerprint density at radius 1 is 1.30 bits per heavy atom. The molecule has 1 aliphatic carbocycles. The number of aromatic nitrogens is 2. The molecule has 0 bridgehead atoms. The van der Waals surface area contributed by atoms with Crippen LogP contribution in [-0.2, 0) is 4.79 Å². The van der Waals surface area contributed by atoms with Crippen molar-refractivity contribution in [2.45, 2.75) is 45.1 Å². The summed E-state index contributed by atoms with van der Waals surface area (Å²) in [4.78, 5) is 20.6. The highest BCUT2D eigenvalue weighted by Gasteiger charge is 2.29. The Hall–Kier alpha value is -1.85. The third-order valence-corrected chi connectivity index (χ3v) is 3.77. The van der Waals surface area contributed by atoms with Crippen LogP contribution in [0, 0.1) is 6.92 Å². The van der Waals surface area contributed by atoms with Crippen molar-refractivity contribution in [3.63, 3.8) is 0 Å². The highest BCUT2D eigenvalue weighted by Crippen LogP contribution is 2.39. The van der Waals surface area contributed by atoms with Gasteiger partial charge in [-0.05, 0) is 26.7 Å². The van der Waals surface area contributed by atoms with Gasteiger partial charge in [0, 0.05) is 31.0 Å². The number of hydrogen-bond donors (Lipinski definition) is 3. The smallest absolute Gasteiger partial charge is 0.222 e. The highest BCUT2D eigenvalue weighted by atomic mass is 16.1. The highest BCUT2D eigenvalue weighted by molar-refractivity contribution is 5.79. The minimum atomic E-state index is 0.100. The van der Waals surface area contributed by atoms with Gasteiger partial charge in [-0.25, -0.2) is 9.97 Å². The van der Waals surface area contributed by atoms with Gasteiger partial charge >= 0.3 is 0 Å². The second-order valence-electron chi connectivity index (χ2n) is 5.56. The fourth-order valence-electron chi connectivity index (χ4n) is 2.44. The Morgan fingerprint density at radius 2 is 2.05 bits per heavy atom. The summed E-state index contributed by atoms with van der Waals surface area (Å²) in [7, 11) is 0. The van der Waals surface area contributed by atoms with Crippen LogP contribution in [0.2, 0.25) is 0 Å². The van der Waals surface area contributed by atoms with E-state index in [1.807, 2.05) is 6.92 Å². The number of hydrogen-bond acceptors (Lipinski definition) is 5. The van der Waals surface area contributed by atoms with E-state index in [1.165, 1.54) is 12.8 Å². The van der Waals surface area contributed by atoms with Gasteiger partial charge in [0.25, 0.3) is 0 Å². The molecule has 1 atom stereocenters. The molecule has 6 nitrogen and oxygen atoms in total. The molecule has 2 aliphatic rings. The molecule has 0 radical (unpaired) electrons. The van der Waals surface area contributed by atoms with E-state index >= 15 is 0 Å². The van der Waals surface area contributed by atoms with Crippen molar-refractivity contribution < 1.29 is 4.79 Å². The Morgan fingerprint density at radius 3 is 2.65 bits per heavy atom. The zero-order valence-corrected chi connectivity index (χ0v) is 12.0. The Kier molecular flexibility index (Phi) is 3.46. The molecule has 1 saturated heterocycles. The van der Waals surface area contributed by atoms with Gasteiger partial charge in [0.1, 0.15) is 17.5 Å². The van der Waals surface area contributed by atoms with E-state index in [0.29, 0.717) is 18.9 Å². The van der Waals surface area contributed by atoms with E-state index < -0.39 is 0 Å². The van der Waals surface area contributed by atoms with Crippen molar-refractivity contribution >= 4 is 17.5 Å². The van der Waals surface area contributed by atoms with Crippen LogP contribution in [0.15, 0.2) is 0 Å². The molecule has 1 unspecified atom stereocenters. The average molecular weight is 275 g/mol. The topological polar surface area (TPSA) is 78.9 Å². The Labute approximate surface area is 118 Å². The summed E-state index contributed by atoms with van der Waals surface area (Å²) in [5, 5.41) is 9.52. The molecule has 1 aliphatic heterocycles. The summed E-state index contributed by atoms with van der Waals surface area (Å²) in [5.74, 6) is 3.30. The minimum absolute atomic E-state index is 0.100. The molecule has 2 heterocycles. The number of anilines is 2. The third-order valence-electron chi connectivity index (χ3n) is 3.77. The van der Waals surface area contributed by atoms with Crippen LogP contribution in [-0.4, -0.2) is 35.0 Å².